The summed E-state index contributed by atoms with van der Waals surface area (Å²) in [5, 5.41) is 3.61. The molecule has 27 heavy (non-hydrogen) atoms. The van der Waals surface area contributed by atoms with Crippen molar-refractivity contribution in [2.45, 2.75) is 25.7 Å². The molecule has 0 unspecified atom stereocenters. The molecule has 0 aliphatic heterocycles. The van der Waals surface area contributed by atoms with Gasteiger partial charge >= 0.3 is 0 Å². The summed E-state index contributed by atoms with van der Waals surface area (Å²) in [5.41, 5.74) is 6.32. The van der Waals surface area contributed by atoms with Crippen LogP contribution in [-0.4, -0.2) is 20.6 Å². The number of thioether (sulfide) groups is 1. The van der Waals surface area contributed by atoms with Crippen molar-refractivity contribution in [2.75, 3.05) is 11.6 Å². The fourth-order valence-corrected chi connectivity index (χ4v) is 3.69. The van der Waals surface area contributed by atoms with Gasteiger partial charge in [-0.05, 0) is 56.9 Å². The van der Waals surface area contributed by atoms with Crippen molar-refractivity contribution in [3.63, 3.8) is 0 Å². The Hall–Kier alpha value is -2.79. The molecule has 0 saturated heterocycles. The van der Waals surface area contributed by atoms with Crippen LogP contribution in [-0.2, 0) is 0 Å². The fraction of sp³-hybridized carbons (Fsp3) is 0.182. The molecule has 2 heterocycles. The number of aryl methyl sites for hydroxylation is 3. The zero-order valence-electron chi connectivity index (χ0n) is 15.9. The molecule has 2 aromatic carbocycles. The summed E-state index contributed by atoms with van der Waals surface area (Å²) in [6.07, 6.45) is 2.08. The highest BCUT2D eigenvalue weighted by molar-refractivity contribution is 7.98. The fourth-order valence-electron chi connectivity index (χ4n) is 3.28. The van der Waals surface area contributed by atoms with E-state index in [1.54, 1.807) is 11.8 Å². The molecular formula is C22H22N4S. The van der Waals surface area contributed by atoms with Gasteiger partial charge in [0.15, 0.2) is 0 Å². The topological polar surface area (TPSA) is 42.2 Å². The number of fused-ring (bicyclic) bond motifs is 1. The highest BCUT2D eigenvalue weighted by Crippen LogP contribution is 2.33. The molecule has 136 valence electrons. The van der Waals surface area contributed by atoms with Crippen molar-refractivity contribution in [3.8, 4) is 11.3 Å². The number of aromatic nitrogens is 3. The van der Waals surface area contributed by atoms with Gasteiger partial charge in [-0.3, -0.25) is 4.40 Å². The smallest absolute Gasteiger partial charge is 0.236 e. The second-order valence-corrected chi connectivity index (χ2v) is 7.53. The van der Waals surface area contributed by atoms with Gasteiger partial charge in [0.25, 0.3) is 0 Å². The maximum Gasteiger partial charge on any atom is 0.236 e. The Balaban J connectivity index is 1.94. The van der Waals surface area contributed by atoms with E-state index in [4.69, 9.17) is 4.98 Å². The zero-order chi connectivity index (χ0) is 19.0. The summed E-state index contributed by atoms with van der Waals surface area (Å²) in [5.74, 6) is 1.66. The minimum absolute atomic E-state index is 0.715. The Morgan fingerprint density at radius 1 is 0.926 bits per heavy atom. The molecule has 0 atom stereocenters. The largest absolute Gasteiger partial charge is 0.339 e. The first-order valence-corrected chi connectivity index (χ1v) is 10.1. The lowest BCUT2D eigenvalue weighted by atomic mass is 10.1. The van der Waals surface area contributed by atoms with Gasteiger partial charge in [0, 0.05) is 27.5 Å². The molecule has 0 amide bonds. The highest BCUT2D eigenvalue weighted by atomic mass is 32.2. The molecule has 4 aromatic rings. The van der Waals surface area contributed by atoms with E-state index in [1.165, 1.54) is 10.5 Å². The number of imidazole rings is 1. The van der Waals surface area contributed by atoms with Crippen LogP contribution in [0.2, 0.25) is 0 Å². The minimum Gasteiger partial charge on any atom is -0.339 e. The van der Waals surface area contributed by atoms with Crippen LogP contribution in [0.25, 0.3) is 17.0 Å². The molecule has 1 N–H and O–H groups in total. The number of anilines is 2. The van der Waals surface area contributed by atoms with Crippen molar-refractivity contribution >= 4 is 29.0 Å². The standard InChI is InChI=1S/C22H22N4S/c1-14-7-5-6-8-19(14)24-21-20(17-9-11-18(27-4)12-10-17)25-22-23-15(2)13-16(3)26(21)22/h5-13,24H,1-4H3. The number of para-hydroxylation sites is 1. The summed E-state index contributed by atoms with van der Waals surface area (Å²) in [6.45, 7) is 6.20. The van der Waals surface area contributed by atoms with Crippen LogP contribution in [0.3, 0.4) is 0 Å². The monoisotopic (exact) mass is 374 g/mol. The second kappa shape index (κ2) is 7.08. The third-order valence-corrected chi connectivity index (χ3v) is 5.41. The van der Waals surface area contributed by atoms with E-state index in [0.717, 1.165) is 34.2 Å². The van der Waals surface area contributed by atoms with Gasteiger partial charge in [-0.1, -0.05) is 30.3 Å². The first kappa shape index (κ1) is 17.6. The van der Waals surface area contributed by atoms with E-state index >= 15 is 0 Å². The summed E-state index contributed by atoms with van der Waals surface area (Å²) in [4.78, 5) is 10.8. The van der Waals surface area contributed by atoms with Crippen molar-refractivity contribution in [1.82, 2.24) is 14.4 Å². The molecule has 0 spiro atoms. The quantitative estimate of drug-likeness (QED) is 0.459. The van der Waals surface area contributed by atoms with Crippen LogP contribution in [0.4, 0.5) is 11.5 Å². The van der Waals surface area contributed by atoms with Gasteiger partial charge in [0.05, 0.1) is 0 Å². The predicted molar refractivity (Wildman–Crippen MR) is 114 cm³/mol. The first-order valence-electron chi connectivity index (χ1n) is 8.90. The number of hydrogen-bond acceptors (Lipinski definition) is 4. The van der Waals surface area contributed by atoms with Crippen molar-refractivity contribution in [2.24, 2.45) is 0 Å². The summed E-state index contributed by atoms with van der Waals surface area (Å²) in [7, 11) is 0. The van der Waals surface area contributed by atoms with E-state index in [1.807, 2.05) is 19.1 Å². The summed E-state index contributed by atoms with van der Waals surface area (Å²) < 4.78 is 2.09. The van der Waals surface area contributed by atoms with Crippen LogP contribution < -0.4 is 5.32 Å². The molecule has 4 rings (SSSR count). The van der Waals surface area contributed by atoms with Crippen LogP contribution in [0.15, 0.2) is 59.5 Å². The highest BCUT2D eigenvalue weighted by Gasteiger charge is 2.17. The third-order valence-electron chi connectivity index (χ3n) is 4.67. The van der Waals surface area contributed by atoms with Crippen LogP contribution in [0.5, 0.6) is 0 Å². The predicted octanol–water partition coefficient (Wildman–Crippen LogP) is 5.79. The van der Waals surface area contributed by atoms with Gasteiger partial charge in [0.2, 0.25) is 5.78 Å². The minimum atomic E-state index is 0.715. The lowest BCUT2D eigenvalue weighted by Crippen LogP contribution is -2.02. The van der Waals surface area contributed by atoms with Crippen molar-refractivity contribution in [1.29, 1.82) is 0 Å². The van der Waals surface area contributed by atoms with E-state index in [9.17, 15) is 0 Å². The van der Waals surface area contributed by atoms with E-state index in [-0.39, 0.29) is 0 Å². The third kappa shape index (κ3) is 3.30. The molecule has 0 aliphatic rings. The Morgan fingerprint density at radius 3 is 2.37 bits per heavy atom. The normalized spacial score (nSPS) is 11.1. The van der Waals surface area contributed by atoms with E-state index in [0.29, 0.717) is 5.78 Å². The van der Waals surface area contributed by atoms with Gasteiger partial charge in [-0.2, -0.15) is 0 Å². The average molecular weight is 375 g/mol. The van der Waals surface area contributed by atoms with E-state index in [2.05, 4.69) is 77.3 Å². The number of rotatable bonds is 4. The SMILES string of the molecule is CSc1ccc(-c2nc3nc(C)cc(C)n3c2Nc2ccccc2C)cc1. The summed E-state index contributed by atoms with van der Waals surface area (Å²) in [6, 6.07) is 18.9. The molecular weight excluding hydrogens is 352 g/mol. The van der Waals surface area contributed by atoms with Gasteiger partial charge in [-0.15, -0.1) is 11.8 Å². The lowest BCUT2D eigenvalue weighted by molar-refractivity contribution is 1.02. The molecule has 0 fully saturated rings. The van der Waals surface area contributed by atoms with Crippen molar-refractivity contribution < 1.29 is 0 Å². The molecule has 2 aromatic heterocycles. The molecule has 5 heteroatoms. The lowest BCUT2D eigenvalue weighted by Gasteiger charge is -2.12. The van der Waals surface area contributed by atoms with E-state index < -0.39 is 0 Å². The molecule has 0 saturated carbocycles. The first-order chi connectivity index (χ1) is 13.1. The Kier molecular flexibility index (Phi) is 4.62. The molecule has 0 radical (unpaired) electrons. The maximum absolute atomic E-state index is 4.87. The molecule has 0 aliphatic carbocycles. The Morgan fingerprint density at radius 2 is 1.67 bits per heavy atom. The zero-order valence-corrected chi connectivity index (χ0v) is 16.8. The van der Waals surface area contributed by atoms with Crippen molar-refractivity contribution in [3.05, 3.63) is 71.5 Å². The maximum atomic E-state index is 4.87. The van der Waals surface area contributed by atoms with Gasteiger partial charge in [-0.25, -0.2) is 9.97 Å². The van der Waals surface area contributed by atoms with Crippen LogP contribution >= 0.6 is 11.8 Å². The van der Waals surface area contributed by atoms with Gasteiger partial charge < -0.3 is 5.32 Å². The number of benzene rings is 2. The second-order valence-electron chi connectivity index (χ2n) is 6.65. The van der Waals surface area contributed by atoms with Gasteiger partial charge in [0.1, 0.15) is 11.5 Å². The number of hydrogen-bond donors (Lipinski definition) is 1. The Labute approximate surface area is 163 Å². The number of nitrogens with zero attached hydrogens (tertiary/aromatic N) is 3. The average Bonchev–Trinajstić information content (AvgIpc) is 3.02. The van der Waals surface area contributed by atoms with Crippen LogP contribution in [0, 0.1) is 20.8 Å². The van der Waals surface area contributed by atoms with Crippen LogP contribution in [0.1, 0.15) is 17.0 Å². The molecule has 4 nitrogen and oxygen atoms in total. The number of nitrogens with one attached hydrogen (secondary N) is 1. The molecule has 0 bridgehead atoms. The summed E-state index contributed by atoms with van der Waals surface area (Å²) >= 11 is 1.74. The Bertz CT molecular complexity index is 1110.